The Kier molecular flexibility index (Phi) is 5.74. The largest absolute Gasteiger partial charge is 0.401 e. The average molecular weight is 287 g/mol. The normalized spacial score (nSPS) is 13.8. The second-order valence-electron chi connectivity index (χ2n) is 5.04. The van der Waals surface area contributed by atoms with E-state index in [4.69, 9.17) is 0 Å². The molecule has 1 aromatic rings. The number of hydrogen-bond acceptors (Lipinski definition) is 2. The van der Waals surface area contributed by atoms with Gasteiger partial charge in [-0.3, -0.25) is 9.69 Å². The van der Waals surface area contributed by atoms with Gasteiger partial charge in [0, 0.05) is 11.6 Å². The number of rotatable bonds is 6. The third-order valence-electron chi connectivity index (χ3n) is 3.17. The zero-order chi connectivity index (χ0) is 15.3. The molecule has 0 amide bonds. The van der Waals surface area contributed by atoms with Crippen molar-refractivity contribution < 1.29 is 18.0 Å². The minimum atomic E-state index is -4.31. The minimum absolute atomic E-state index is 0.258. The number of hydrogen-bond donors (Lipinski definition) is 0. The zero-order valence-corrected chi connectivity index (χ0v) is 11.9. The lowest BCUT2D eigenvalue weighted by molar-refractivity contribution is -0.153. The van der Waals surface area contributed by atoms with Gasteiger partial charge in [0.05, 0.1) is 12.6 Å². The molecule has 0 aromatic heterocycles. The highest BCUT2D eigenvalue weighted by Crippen LogP contribution is 2.23. The SMILES string of the molecule is CCC(C(=O)c1ccccc1)N(CC(F)(F)F)C(C)C. The van der Waals surface area contributed by atoms with Crippen LogP contribution in [0.3, 0.4) is 0 Å². The van der Waals surface area contributed by atoms with Gasteiger partial charge in [0.1, 0.15) is 0 Å². The number of alkyl halides is 3. The van der Waals surface area contributed by atoms with Crippen molar-refractivity contribution >= 4 is 5.78 Å². The third-order valence-corrected chi connectivity index (χ3v) is 3.17. The Balaban J connectivity index is 2.99. The molecule has 1 aromatic carbocycles. The van der Waals surface area contributed by atoms with E-state index < -0.39 is 18.8 Å². The van der Waals surface area contributed by atoms with Crippen LogP contribution in [0, 0.1) is 0 Å². The average Bonchev–Trinajstić information content (AvgIpc) is 2.37. The molecule has 0 heterocycles. The topological polar surface area (TPSA) is 20.3 Å². The number of nitrogens with zero attached hydrogens (tertiary/aromatic N) is 1. The van der Waals surface area contributed by atoms with Gasteiger partial charge in [0.25, 0.3) is 0 Å². The first-order valence-corrected chi connectivity index (χ1v) is 6.68. The second-order valence-corrected chi connectivity index (χ2v) is 5.04. The molecule has 0 aliphatic heterocycles. The van der Waals surface area contributed by atoms with E-state index in [0.717, 1.165) is 0 Å². The van der Waals surface area contributed by atoms with Gasteiger partial charge < -0.3 is 0 Å². The molecule has 0 N–H and O–H groups in total. The van der Waals surface area contributed by atoms with E-state index in [1.54, 1.807) is 51.1 Å². The van der Waals surface area contributed by atoms with Crippen molar-refractivity contribution in [3.05, 3.63) is 35.9 Å². The van der Waals surface area contributed by atoms with Gasteiger partial charge >= 0.3 is 6.18 Å². The Morgan fingerprint density at radius 3 is 2.15 bits per heavy atom. The van der Waals surface area contributed by atoms with Gasteiger partial charge in [0.2, 0.25) is 0 Å². The lowest BCUT2D eigenvalue weighted by atomic mass is 9.99. The molecule has 0 aliphatic carbocycles. The van der Waals surface area contributed by atoms with E-state index in [-0.39, 0.29) is 11.8 Å². The maximum atomic E-state index is 12.7. The summed E-state index contributed by atoms with van der Waals surface area (Å²) in [6.45, 7) is 4.01. The van der Waals surface area contributed by atoms with Crippen molar-refractivity contribution in [2.45, 2.75) is 45.5 Å². The number of carbonyl (C=O) groups is 1. The van der Waals surface area contributed by atoms with Gasteiger partial charge in [0.15, 0.2) is 5.78 Å². The lowest BCUT2D eigenvalue weighted by Gasteiger charge is -2.34. The fraction of sp³-hybridized carbons (Fsp3) is 0.533. The van der Waals surface area contributed by atoms with E-state index in [1.807, 2.05) is 0 Å². The van der Waals surface area contributed by atoms with Crippen LogP contribution in [0.2, 0.25) is 0 Å². The molecule has 2 nitrogen and oxygen atoms in total. The first-order valence-electron chi connectivity index (χ1n) is 6.68. The fourth-order valence-corrected chi connectivity index (χ4v) is 2.22. The minimum Gasteiger partial charge on any atom is -0.292 e. The summed E-state index contributed by atoms with van der Waals surface area (Å²) in [5.41, 5.74) is 0.451. The molecule has 0 radical (unpaired) electrons. The summed E-state index contributed by atoms with van der Waals surface area (Å²) in [5, 5.41) is 0. The number of Topliss-reactive ketones (excluding diaryl/α,β-unsaturated/α-hetero) is 1. The monoisotopic (exact) mass is 287 g/mol. The van der Waals surface area contributed by atoms with Crippen LogP contribution >= 0.6 is 0 Å². The Morgan fingerprint density at radius 2 is 1.75 bits per heavy atom. The number of benzene rings is 1. The third kappa shape index (κ3) is 4.63. The quantitative estimate of drug-likeness (QED) is 0.739. The molecular weight excluding hydrogens is 267 g/mol. The van der Waals surface area contributed by atoms with Crippen LogP contribution in [0.1, 0.15) is 37.6 Å². The Morgan fingerprint density at radius 1 is 1.20 bits per heavy atom. The van der Waals surface area contributed by atoms with Crippen LogP contribution in [0.5, 0.6) is 0 Å². The van der Waals surface area contributed by atoms with Crippen molar-refractivity contribution in [2.75, 3.05) is 6.54 Å². The molecule has 0 bridgehead atoms. The molecule has 1 unspecified atom stereocenters. The maximum Gasteiger partial charge on any atom is 0.401 e. The summed E-state index contributed by atoms with van der Waals surface area (Å²) in [4.78, 5) is 13.6. The van der Waals surface area contributed by atoms with Crippen LogP contribution in [-0.2, 0) is 0 Å². The van der Waals surface area contributed by atoms with Crippen molar-refractivity contribution in [3.8, 4) is 0 Å². The van der Waals surface area contributed by atoms with E-state index in [1.165, 1.54) is 4.90 Å². The summed E-state index contributed by atoms with van der Waals surface area (Å²) in [5.74, 6) is -0.258. The van der Waals surface area contributed by atoms with Gasteiger partial charge in [-0.05, 0) is 20.3 Å². The second kappa shape index (κ2) is 6.88. The summed E-state index contributed by atoms with van der Waals surface area (Å²) in [7, 11) is 0. The van der Waals surface area contributed by atoms with Gasteiger partial charge in [-0.15, -0.1) is 0 Å². The summed E-state index contributed by atoms with van der Waals surface area (Å²) < 4.78 is 38.0. The van der Waals surface area contributed by atoms with Crippen LogP contribution in [0.4, 0.5) is 13.2 Å². The molecule has 0 aliphatic rings. The zero-order valence-electron chi connectivity index (χ0n) is 11.9. The number of ketones is 1. The standard InChI is InChI=1S/C15H20F3NO/c1-4-13(14(20)12-8-6-5-7-9-12)19(11(2)3)10-15(16,17)18/h5-9,11,13H,4,10H2,1-3H3. The van der Waals surface area contributed by atoms with Gasteiger partial charge in [-0.2, -0.15) is 13.2 Å². The van der Waals surface area contributed by atoms with Crippen molar-refractivity contribution in [1.29, 1.82) is 0 Å². The van der Waals surface area contributed by atoms with Gasteiger partial charge in [-0.1, -0.05) is 37.3 Å². The molecule has 5 heteroatoms. The predicted octanol–water partition coefficient (Wildman–Crippen LogP) is 3.92. The Hall–Kier alpha value is -1.36. The summed E-state index contributed by atoms with van der Waals surface area (Å²) in [6.07, 6.45) is -3.96. The molecule has 1 atom stereocenters. The fourth-order valence-electron chi connectivity index (χ4n) is 2.22. The first kappa shape index (κ1) is 16.7. The number of carbonyl (C=O) groups excluding carboxylic acids is 1. The molecule has 0 fully saturated rings. The number of halogens is 3. The van der Waals surface area contributed by atoms with Crippen LogP contribution < -0.4 is 0 Å². The highest BCUT2D eigenvalue weighted by molar-refractivity contribution is 6.00. The highest BCUT2D eigenvalue weighted by Gasteiger charge is 2.37. The molecule has 112 valence electrons. The van der Waals surface area contributed by atoms with Crippen LogP contribution in [-0.4, -0.2) is 35.5 Å². The van der Waals surface area contributed by atoms with E-state index in [0.29, 0.717) is 12.0 Å². The molecule has 0 spiro atoms. The van der Waals surface area contributed by atoms with E-state index in [9.17, 15) is 18.0 Å². The summed E-state index contributed by atoms with van der Waals surface area (Å²) in [6, 6.07) is 7.36. The summed E-state index contributed by atoms with van der Waals surface area (Å²) >= 11 is 0. The molecule has 20 heavy (non-hydrogen) atoms. The molecule has 0 saturated carbocycles. The smallest absolute Gasteiger partial charge is 0.292 e. The van der Waals surface area contributed by atoms with Gasteiger partial charge in [-0.25, -0.2) is 0 Å². The molecular formula is C15H20F3NO. The lowest BCUT2D eigenvalue weighted by Crippen LogP contribution is -2.49. The van der Waals surface area contributed by atoms with Crippen molar-refractivity contribution in [3.63, 3.8) is 0 Å². The molecule has 1 rings (SSSR count). The van der Waals surface area contributed by atoms with Crippen molar-refractivity contribution in [1.82, 2.24) is 4.90 Å². The van der Waals surface area contributed by atoms with E-state index >= 15 is 0 Å². The predicted molar refractivity (Wildman–Crippen MR) is 72.7 cm³/mol. The van der Waals surface area contributed by atoms with Crippen LogP contribution in [0.15, 0.2) is 30.3 Å². The maximum absolute atomic E-state index is 12.7. The highest BCUT2D eigenvalue weighted by atomic mass is 19.4. The Labute approximate surface area is 117 Å². The first-order chi connectivity index (χ1) is 9.26. The van der Waals surface area contributed by atoms with Crippen LogP contribution in [0.25, 0.3) is 0 Å². The van der Waals surface area contributed by atoms with E-state index in [2.05, 4.69) is 0 Å². The Bertz CT molecular complexity index is 428. The van der Waals surface area contributed by atoms with Crippen molar-refractivity contribution in [2.24, 2.45) is 0 Å². The molecule has 0 saturated heterocycles.